The van der Waals surface area contributed by atoms with E-state index in [0.717, 1.165) is 11.1 Å². The molecule has 6 heteroatoms. The first-order chi connectivity index (χ1) is 16.6. The largest absolute Gasteiger partial charge is 0.485 e. The Labute approximate surface area is 197 Å². The van der Waals surface area contributed by atoms with Crippen LogP contribution in [0, 0.1) is 0 Å². The number of para-hydroxylation sites is 3. The van der Waals surface area contributed by atoms with Crippen LogP contribution in [-0.4, -0.2) is 17.0 Å². The summed E-state index contributed by atoms with van der Waals surface area (Å²) in [6.07, 6.45) is 0.102. The summed E-state index contributed by atoms with van der Waals surface area (Å²) >= 11 is 0. The fourth-order valence-electron chi connectivity index (χ4n) is 3.35. The molecule has 0 aromatic heterocycles. The molecule has 0 aliphatic rings. The molecule has 0 bridgehead atoms. The lowest BCUT2D eigenvalue weighted by Gasteiger charge is -2.13. The van der Waals surface area contributed by atoms with Crippen LogP contribution in [0.4, 0.5) is 5.69 Å². The van der Waals surface area contributed by atoms with Crippen LogP contribution in [0.3, 0.4) is 0 Å². The van der Waals surface area contributed by atoms with Crippen LogP contribution in [-0.2, 0) is 17.8 Å². The number of hydrogen-bond acceptors (Lipinski definition) is 4. The Morgan fingerprint density at radius 2 is 1.35 bits per heavy atom. The smallest absolute Gasteiger partial charge is 0.337 e. The van der Waals surface area contributed by atoms with Crippen molar-refractivity contribution in [1.29, 1.82) is 0 Å². The van der Waals surface area contributed by atoms with Gasteiger partial charge in [0.1, 0.15) is 12.4 Å². The van der Waals surface area contributed by atoms with Gasteiger partial charge in [-0.25, -0.2) is 4.79 Å². The fraction of sp³-hybridized carbons (Fsp3) is 0.0714. The minimum Gasteiger partial charge on any atom is -0.485 e. The lowest BCUT2D eigenvalue weighted by atomic mass is 10.1. The highest BCUT2D eigenvalue weighted by Crippen LogP contribution is 2.32. The third-order valence-corrected chi connectivity index (χ3v) is 5.03. The number of amides is 1. The average Bonchev–Trinajstić information content (AvgIpc) is 2.85. The minimum absolute atomic E-state index is 0.0488. The van der Waals surface area contributed by atoms with E-state index < -0.39 is 5.97 Å². The number of anilines is 1. The SMILES string of the molecule is O=C(Cc1ccc(Oc2ccccc2OCc2ccccc2)cc1)Nc1ccccc1C(=O)O. The molecule has 4 aromatic rings. The number of carboxylic acids is 1. The number of ether oxygens (including phenoxy) is 2. The first-order valence-corrected chi connectivity index (χ1v) is 10.7. The summed E-state index contributed by atoms with van der Waals surface area (Å²) in [5.41, 5.74) is 2.15. The number of carbonyl (C=O) groups excluding carboxylic acids is 1. The van der Waals surface area contributed by atoms with Crippen molar-refractivity contribution in [3.05, 3.63) is 120 Å². The van der Waals surface area contributed by atoms with Gasteiger partial charge in [0.2, 0.25) is 5.91 Å². The molecule has 0 fully saturated rings. The minimum atomic E-state index is -1.09. The molecule has 2 N–H and O–H groups in total. The number of carboxylic acid groups (broad SMARTS) is 1. The fourth-order valence-corrected chi connectivity index (χ4v) is 3.35. The molecule has 4 rings (SSSR count). The zero-order chi connectivity index (χ0) is 23.8. The van der Waals surface area contributed by atoms with Gasteiger partial charge < -0.3 is 19.9 Å². The van der Waals surface area contributed by atoms with Crippen LogP contribution in [0.5, 0.6) is 17.2 Å². The summed E-state index contributed by atoms with van der Waals surface area (Å²) in [5, 5.41) is 11.9. The van der Waals surface area contributed by atoms with Crippen LogP contribution in [0.15, 0.2) is 103 Å². The van der Waals surface area contributed by atoms with Crippen LogP contribution >= 0.6 is 0 Å². The summed E-state index contributed by atoms with van der Waals surface area (Å²) in [4.78, 5) is 23.7. The van der Waals surface area contributed by atoms with Crippen molar-refractivity contribution in [2.24, 2.45) is 0 Å². The highest BCUT2D eigenvalue weighted by molar-refractivity contribution is 6.01. The molecule has 0 aliphatic heterocycles. The van der Waals surface area contributed by atoms with Gasteiger partial charge in [0, 0.05) is 0 Å². The van der Waals surface area contributed by atoms with Crippen molar-refractivity contribution in [3.63, 3.8) is 0 Å². The highest BCUT2D eigenvalue weighted by atomic mass is 16.5. The molecule has 1 amide bonds. The van der Waals surface area contributed by atoms with Crippen LogP contribution in [0.2, 0.25) is 0 Å². The molecule has 0 spiro atoms. The molecule has 0 radical (unpaired) electrons. The van der Waals surface area contributed by atoms with Crippen molar-refractivity contribution in [3.8, 4) is 17.2 Å². The maximum Gasteiger partial charge on any atom is 0.337 e. The van der Waals surface area contributed by atoms with Gasteiger partial charge in [0.05, 0.1) is 17.7 Å². The Morgan fingerprint density at radius 1 is 0.706 bits per heavy atom. The molecule has 170 valence electrons. The second-order valence-corrected chi connectivity index (χ2v) is 7.54. The standard InChI is InChI=1S/C28H23NO5/c30-27(29-24-11-5-4-10-23(24)28(31)32)18-20-14-16-22(17-15-20)34-26-13-7-6-12-25(26)33-19-21-8-2-1-3-9-21/h1-17H,18-19H2,(H,29,30)(H,31,32). The highest BCUT2D eigenvalue weighted by Gasteiger charge is 2.12. The van der Waals surface area contributed by atoms with E-state index >= 15 is 0 Å². The van der Waals surface area contributed by atoms with Gasteiger partial charge in [0.15, 0.2) is 11.5 Å². The van der Waals surface area contributed by atoms with E-state index in [-0.39, 0.29) is 23.6 Å². The van der Waals surface area contributed by atoms with Crippen molar-refractivity contribution >= 4 is 17.6 Å². The molecule has 6 nitrogen and oxygen atoms in total. The summed E-state index contributed by atoms with van der Waals surface area (Å²) in [6.45, 7) is 0.431. The second kappa shape index (κ2) is 10.8. The van der Waals surface area contributed by atoms with E-state index in [1.165, 1.54) is 6.07 Å². The van der Waals surface area contributed by atoms with Crippen molar-refractivity contribution in [2.45, 2.75) is 13.0 Å². The molecule has 0 saturated carbocycles. The van der Waals surface area contributed by atoms with E-state index in [9.17, 15) is 14.7 Å². The van der Waals surface area contributed by atoms with Gasteiger partial charge in [-0.2, -0.15) is 0 Å². The average molecular weight is 453 g/mol. The second-order valence-electron chi connectivity index (χ2n) is 7.54. The number of nitrogens with one attached hydrogen (secondary N) is 1. The van der Waals surface area contributed by atoms with Gasteiger partial charge in [-0.1, -0.05) is 66.7 Å². The summed E-state index contributed by atoms with van der Waals surface area (Å²) in [7, 11) is 0. The quantitative estimate of drug-likeness (QED) is 0.328. The summed E-state index contributed by atoms with van der Waals surface area (Å²) in [5.74, 6) is 0.435. The van der Waals surface area contributed by atoms with Crippen LogP contribution in [0.25, 0.3) is 0 Å². The lowest BCUT2D eigenvalue weighted by Crippen LogP contribution is -2.16. The molecule has 34 heavy (non-hydrogen) atoms. The Balaban J connectivity index is 1.37. The molecular weight excluding hydrogens is 430 g/mol. The monoisotopic (exact) mass is 453 g/mol. The first-order valence-electron chi connectivity index (χ1n) is 10.7. The molecule has 0 saturated heterocycles. The number of benzene rings is 4. The van der Waals surface area contributed by atoms with Crippen molar-refractivity contribution in [1.82, 2.24) is 0 Å². The first kappa shape index (κ1) is 22.6. The number of hydrogen-bond donors (Lipinski definition) is 2. The summed E-state index contributed by atoms with van der Waals surface area (Å²) < 4.78 is 11.9. The van der Waals surface area contributed by atoms with Gasteiger partial charge in [-0.15, -0.1) is 0 Å². The zero-order valence-electron chi connectivity index (χ0n) is 18.3. The van der Waals surface area contributed by atoms with Crippen LogP contribution < -0.4 is 14.8 Å². The Bertz CT molecular complexity index is 1270. The van der Waals surface area contributed by atoms with Crippen molar-refractivity contribution < 1.29 is 24.2 Å². The third kappa shape index (κ3) is 6.01. The van der Waals surface area contributed by atoms with Gasteiger partial charge in [-0.05, 0) is 47.5 Å². The van der Waals surface area contributed by atoms with E-state index in [1.54, 1.807) is 42.5 Å². The number of rotatable bonds is 9. The van der Waals surface area contributed by atoms with Gasteiger partial charge in [0.25, 0.3) is 0 Å². The zero-order valence-corrected chi connectivity index (χ0v) is 18.3. The van der Waals surface area contributed by atoms with Crippen molar-refractivity contribution in [2.75, 3.05) is 5.32 Å². The van der Waals surface area contributed by atoms with Gasteiger partial charge in [-0.3, -0.25) is 4.79 Å². The number of aromatic carboxylic acids is 1. The third-order valence-electron chi connectivity index (χ3n) is 5.03. The normalized spacial score (nSPS) is 10.4. The molecular formula is C28H23NO5. The van der Waals surface area contributed by atoms with Crippen LogP contribution in [0.1, 0.15) is 21.5 Å². The molecule has 0 atom stereocenters. The van der Waals surface area contributed by atoms with E-state index in [4.69, 9.17) is 9.47 Å². The topological polar surface area (TPSA) is 84.9 Å². The molecule has 4 aromatic carbocycles. The summed E-state index contributed by atoms with van der Waals surface area (Å²) in [6, 6.07) is 30.8. The predicted molar refractivity (Wildman–Crippen MR) is 129 cm³/mol. The van der Waals surface area contributed by atoms with E-state index in [0.29, 0.717) is 23.9 Å². The maximum atomic E-state index is 12.4. The Kier molecular flexibility index (Phi) is 7.20. The molecule has 0 heterocycles. The Morgan fingerprint density at radius 3 is 2.09 bits per heavy atom. The van der Waals surface area contributed by atoms with E-state index in [1.807, 2.05) is 54.6 Å². The predicted octanol–water partition coefficient (Wildman–Crippen LogP) is 5.94. The lowest BCUT2D eigenvalue weighted by molar-refractivity contribution is -0.115. The molecule has 0 aliphatic carbocycles. The van der Waals surface area contributed by atoms with E-state index in [2.05, 4.69) is 5.32 Å². The molecule has 0 unspecified atom stereocenters. The number of carbonyl (C=O) groups is 2. The Hall–Kier alpha value is -4.58. The maximum absolute atomic E-state index is 12.4. The van der Waals surface area contributed by atoms with Gasteiger partial charge >= 0.3 is 5.97 Å².